The van der Waals surface area contributed by atoms with Gasteiger partial charge in [0.1, 0.15) is 18.2 Å². The van der Waals surface area contributed by atoms with Crippen LogP contribution >= 0.6 is 11.6 Å². The lowest BCUT2D eigenvalue weighted by Crippen LogP contribution is -2.38. The smallest absolute Gasteiger partial charge is 0.141 e. The van der Waals surface area contributed by atoms with E-state index in [1.54, 1.807) is 12.7 Å². The summed E-state index contributed by atoms with van der Waals surface area (Å²) in [6.45, 7) is 0. The number of rotatable bonds is 4. The number of halogens is 1. The summed E-state index contributed by atoms with van der Waals surface area (Å²) in [6, 6.07) is 28.4. The molecule has 0 saturated heterocycles. The largest absolute Gasteiger partial charge is 0.233 e. The Hall–Kier alpha value is -2.91. The highest BCUT2D eigenvalue weighted by Crippen LogP contribution is 2.42. The molecule has 0 N–H and O–H groups in total. The van der Waals surface area contributed by atoms with Gasteiger partial charge in [0.2, 0.25) is 0 Å². The lowest BCUT2D eigenvalue weighted by Gasteiger charge is -2.36. The first kappa shape index (κ1) is 15.6. The number of benzene rings is 3. The predicted octanol–water partition coefficient (Wildman–Crippen LogP) is 4.77. The van der Waals surface area contributed by atoms with Crippen LogP contribution in [0, 0.1) is 0 Å². The molecular formula is C21H16ClN3. The second-order valence-corrected chi connectivity index (χ2v) is 6.17. The van der Waals surface area contributed by atoms with Gasteiger partial charge in [-0.15, -0.1) is 0 Å². The molecule has 0 amide bonds. The molecule has 4 rings (SSSR count). The zero-order valence-electron chi connectivity index (χ0n) is 13.5. The van der Waals surface area contributed by atoms with E-state index in [1.807, 2.05) is 65.3 Å². The van der Waals surface area contributed by atoms with Gasteiger partial charge in [-0.2, -0.15) is 5.10 Å². The summed E-state index contributed by atoms with van der Waals surface area (Å²) < 4.78 is 1.87. The van der Waals surface area contributed by atoms with Crippen LogP contribution in [-0.4, -0.2) is 14.8 Å². The minimum absolute atomic E-state index is 0.686. The van der Waals surface area contributed by atoms with Gasteiger partial charge in [0.05, 0.1) is 0 Å². The summed E-state index contributed by atoms with van der Waals surface area (Å²) in [4.78, 5) is 4.20. The van der Waals surface area contributed by atoms with Crippen molar-refractivity contribution in [3.63, 3.8) is 0 Å². The molecule has 4 heteroatoms. The van der Waals surface area contributed by atoms with Crippen LogP contribution in [0.25, 0.3) is 0 Å². The van der Waals surface area contributed by atoms with Crippen molar-refractivity contribution in [2.45, 2.75) is 5.54 Å². The van der Waals surface area contributed by atoms with Gasteiger partial charge < -0.3 is 0 Å². The van der Waals surface area contributed by atoms with Crippen LogP contribution in [0.15, 0.2) is 97.6 Å². The van der Waals surface area contributed by atoms with Crippen LogP contribution in [0.2, 0.25) is 5.02 Å². The summed E-state index contributed by atoms with van der Waals surface area (Å²) in [5, 5.41) is 5.19. The normalized spacial score (nSPS) is 11.4. The number of aromatic nitrogens is 3. The first-order valence-corrected chi connectivity index (χ1v) is 8.42. The molecule has 0 atom stereocenters. The van der Waals surface area contributed by atoms with E-state index < -0.39 is 5.54 Å². The number of hydrogen-bond acceptors (Lipinski definition) is 2. The molecular weight excluding hydrogens is 330 g/mol. The summed E-state index contributed by atoms with van der Waals surface area (Å²) in [6.07, 6.45) is 3.29. The minimum atomic E-state index is -0.697. The molecule has 0 fully saturated rings. The lowest BCUT2D eigenvalue weighted by atomic mass is 9.77. The number of nitrogens with zero attached hydrogens (tertiary/aromatic N) is 3. The molecule has 1 heterocycles. The fourth-order valence-corrected chi connectivity index (χ4v) is 3.63. The van der Waals surface area contributed by atoms with Crippen LogP contribution in [-0.2, 0) is 5.54 Å². The Morgan fingerprint density at radius 3 is 1.80 bits per heavy atom. The highest BCUT2D eigenvalue weighted by atomic mass is 35.5. The molecule has 0 aliphatic heterocycles. The van der Waals surface area contributed by atoms with Crippen LogP contribution in [0.1, 0.15) is 16.7 Å². The molecule has 1 aromatic heterocycles. The fourth-order valence-electron chi connectivity index (χ4n) is 3.36. The predicted molar refractivity (Wildman–Crippen MR) is 99.6 cm³/mol. The van der Waals surface area contributed by atoms with Gasteiger partial charge >= 0.3 is 0 Å². The Kier molecular flexibility index (Phi) is 4.08. The molecule has 4 aromatic rings. The molecule has 0 aliphatic carbocycles. The van der Waals surface area contributed by atoms with Crippen molar-refractivity contribution in [3.05, 3.63) is 119 Å². The van der Waals surface area contributed by atoms with Crippen LogP contribution in [0.5, 0.6) is 0 Å². The van der Waals surface area contributed by atoms with Gasteiger partial charge in [0.25, 0.3) is 0 Å². The third-order valence-corrected chi connectivity index (χ3v) is 4.74. The third kappa shape index (κ3) is 2.53. The van der Waals surface area contributed by atoms with E-state index in [2.05, 4.69) is 34.3 Å². The zero-order chi connectivity index (χ0) is 17.1. The van der Waals surface area contributed by atoms with Gasteiger partial charge in [-0.3, -0.25) is 0 Å². The second kappa shape index (κ2) is 6.54. The summed E-state index contributed by atoms with van der Waals surface area (Å²) in [5.74, 6) is 0. The molecule has 3 nitrogen and oxygen atoms in total. The van der Waals surface area contributed by atoms with Crippen molar-refractivity contribution in [3.8, 4) is 0 Å². The Labute approximate surface area is 151 Å². The number of hydrogen-bond donors (Lipinski definition) is 0. The van der Waals surface area contributed by atoms with Gasteiger partial charge in [0, 0.05) is 10.6 Å². The Morgan fingerprint density at radius 1 is 0.720 bits per heavy atom. The first-order chi connectivity index (χ1) is 12.3. The molecule has 0 bridgehead atoms. The molecule has 0 unspecified atom stereocenters. The fraction of sp³-hybridized carbons (Fsp3) is 0.0476. The van der Waals surface area contributed by atoms with Gasteiger partial charge in [-0.05, 0) is 17.2 Å². The highest BCUT2D eigenvalue weighted by Gasteiger charge is 2.40. The molecule has 3 aromatic carbocycles. The van der Waals surface area contributed by atoms with Crippen molar-refractivity contribution in [2.75, 3.05) is 0 Å². The van der Waals surface area contributed by atoms with Crippen LogP contribution in [0.3, 0.4) is 0 Å². The van der Waals surface area contributed by atoms with E-state index in [4.69, 9.17) is 11.6 Å². The minimum Gasteiger partial charge on any atom is -0.233 e. The van der Waals surface area contributed by atoms with Crippen molar-refractivity contribution in [1.29, 1.82) is 0 Å². The van der Waals surface area contributed by atoms with E-state index >= 15 is 0 Å². The van der Waals surface area contributed by atoms with Crippen molar-refractivity contribution in [1.82, 2.24) is 14.8 Å². The zero-order valence-corrected chi connectivity index (χ0v) is 14.2. The van der Waals surface area contributed by atoms with Crippen LogP contribution < -0.4 is 0 Å². The average Bonchev–Trinajstić information content (AvgIpc) is 3.21. The van der Waals surface area contributed by atoms with Gasteiger partial charge in [0.15, 0.2) is 0 Å². The van der Waals surface area contributed by atoms with E-state index in [0.29, 0.717) is 5.02 Å². The Morgan fingerprint density at radius 2 is 1.28 bits per heavy atom. The van der Waals surface area contributed by atoms with Crippen molar-refractivity contribution in [2.24, 2.45) is 0 Å². The lowest BCUT2D eigenvalue weighted by molar-refractivity contribution is 0.459. The standard InChI is InChI=1S/C21H16ClN3/c22-20-14-8-7-13-19(20)21(25-16-23-15-24-25,17-9-3-1-4-10-17)18-11-5-2-6-12-18/h1-16H. The molecule has 122 valence electrons. The van der Waals surface area contributed by atoms with Crippen LogP contribution in [0.4, 0.5) is 0 Å². The molecule has 25 heavy (non-hydrogen) atoms. The summed E-state index contributed by atoms with van der Waals surface area (Å²) >= 11 is 6.66. The molecule has 0 spiro atoms. The highest BCUT2D eigenvalue weighted by molar-refractivity contribution is 6.31. The van der Waals surface area contributed by atoms with E-state index in [-0.39, 0.29) is 0 Å². The summed E-state index contributed by atoms with van der Waals surface area (Å²) in [7, 11) is 0. The maximum absolute atomic E-state index is 6.66. The summed E-state index contributed by atoms with van der Waals surface area (Å²) in [5.41, 5.74) is 2.40. The second-order valence-electron chi connectivity index (χ2n) is 5.76. The third-order valence-electron chi connectivity index (χ3n) is 4.41. The Bertz CT molecular complexity index is 911. The Balaban J connectivity index is 2.15. The van der Waals surface area contributed by atoms with Crippen molar-refractivity contribution < 1.29 is 0 Å². The average molecular weight is 346 g/mol. The first-order valence-electron chi connectivity index (χ1n) is 8.04. The maximum atomic E-state index is 6.66. The SMILES string of the molecule is Clc1ccccc1C(c1ccccc1)(c1ccccc1)n1cncn1. The molecule has 0 saturated carbocycles. The molecule has 0 radical (unpaired) electrons. The van der Waals surface area contributed by atoms with E-state index in [9.17, 15) is 0 Å². The van der Waals surface area contributed by atoms with Gasteiger partial charge in [-0.1, -0.05) is 90.5 Å². The van der Waals surface area contributed by atoms with Crippen molar-refractivity contribution >= 4 is 11.6 Å². The maximum Gasteiger partial charge on any atom is 0.141 e. The monoisotopic (exact) mass is 345 g/mol. The van der Waals surface area contributed by atoms with E-state index in [0.717, 1.165) is 16.7 Å². The topological polar surface area (TPSA) is 30.7 Å². The molecule has 0 aliphatic rings. The quantitative estimate of drug-likeness (QED) is 0.499. The van der Waals surface area contributed by atoms with Gasteiger partial charge in [-0.25, -0.2) is 9.67 Å². The van der Waals surface area contributed by atoms with E-state index in [1.165, 1.54) is 0 Å².